The van der Waals surface area contributed by atoms with Crippen molar-refractivity contribution in [2.75, 3.05) is 13.2 Å². The summed E-state index contributed by atoms with van der Waals surface area (Å²) in [6.07, 6.45) is 96.4. The fourth-order valence-electron chi connectivity index (χ4n) is 9.19. The zero-order valence-corrected chi connectivity index (χ0v) is 52.8. The van der Waals surface area contributed by atoms with Crippen LogP contribution in [0.15, 0.2) is 134 Å². The maximum Gasteiger partial charge on any atom is 0.309 e. The Morgan fingerprint density at radius 3 is 0.864 bits per heavy atom. The summed E-state index contributed by atoms with van der Waals surface area (Å²) in [5, 5.41) is 0. The van der Waals surface area contributed by atoms with Crippen LogP contribution in [-0.4, -0.2) is 37.2 Å². The van der Waals surface area contributed by atoms with Gasteiger partial charge in [-0.05, 0) is 116 Å². The van der Waals surface area contributed by atoms with Gasteiger partial charge in [0, 0.05) is 12.8 Å². The van der Waals surface area contributed by atoms with E-state index < -0.39 is 12.1 Å². The van der Waals surface area contributed by atoms with Gasteiger partial charge in [-0.3, -0.25) is 14.4 Å². The maximum absolute atomic E-state index is 12.9. The molecule has 0 saturated carbocycles. The van der Waals surface area contributed by atoms with E-state index in [1.54, 1.807) is 6.08 Å². The van der Waals surface area contributed by atoms with Gasteiger partial charge in [0.15, 0.2) is 6.10 Å². The molecule has 0 amide bonds. The first-order chi connectivity index (χ1) is 40.0. The van der Waals surface area contributed by atoms with Gasteiger partial charge >= 0.3 is 17.9 Å². The van der Waals surface area contributed by atoms with Crippen LogP contribution in [0.25, 0.3) is 0 Å². The lowest BCUT2D eigenvalue weighted by atomic mass is 10.0. The Morgan fingerprint density at radius 2 is 0.531 bits per heavy atom. The molecule has 1 unspecified atom stereocenters. The molecule has 0 fully saturated rings. The van der Waals surface area contributed by atoms with Crippen molar-refractivity contribution in [3.05, 3.63) is 134 Å². The molecule has 0 aliphatic rings. The predicted molar refractivity (Wildman–Crippen MR) is 353 cm³/mol. The van der Waals surface area contributed by atoms with Gasteiger partial charge in [0.1, 0.15) is 13.2 Å². The Morgan fingerprint density at radius 1 is 0.272 bits per heavy atom. The minimum absolute atomic E-state index is 0.112. The Balaban J connectivity index is 4.41. The molecule has 0 aliphatic heterocycles. The van der Waals surface area contributed by atoms with Crippen LogP contribution in [0.1, 0.15) is 303 Å². The first kappa shape index (κ1) is 76.5. The van der Waals surface area contributed by atoms with Gasteiger partial charge < -0.3 is 14.2 Å². The SMILES string of the molecule is CC/C=C\C/C=C\C/C=C\C/C=C\C/C=C\CC(=O)OCC(COC(=O)CCCCCCCCCCCCCC/C=C\C/C=C\C/C=C\C/C=C\CC)OC(=O)CCCCCCCCCCCCC/C=C\C/C=C\CCCCCCC. The molecule has 0 radical (unpaired) electrons. The molecule has 1 atom stereocenters. The highest BCUT2D eigenvalue weighted by Crippen LogP contribution is 2.16. The standard InChI is InChI=1S/C75H124O6/c1-4-7-10-13-16-19-22-25-28-30-32-34-36-37-39-40-42-44-47-50-53-56-59-62-65-68-74(77)80-71-72(70-79-73(76)67-64-61-58-55-52-49-46-27-24-21-18-15-12-9-6-3)81-75(78)69-66-63-60-57-54-51-48-45-43-41-38-35-33-31-29-26-23-20-17-14-11-8-5-2/h7,9-10,12,16,18-19,21,23,25-28,31-34,46,52,55,61,64,72H,4-6,8,11,13-15,17,20,22,24,29-30,35-45,47-51,53-54,56-60,62-63,65-71H2,1-3H3/b10-7-,12-9-,19-16-,21-18-,26-23-,28-25-,33-31-,34-32-,46-27-,55-52-,64-61-. The van der Waals surface area contributed by atoms with Gasteiger partial charge in [0.25, 0.3) is 0 Å². The minimum Gasteiger partial charge on any atom is -0.462 e. The summed E-state index contributed by atoms with van der Waals surface area (Å²) in [7, 11) is 0. The topological polar surface area (TPSA) is 78.9 Å². The molecule has 0 bridgehead atoms. The first-order valence-corrected chi connectivity index (χ1v) is 33.7. The number of rotatable bonds is 60. The third-order valence-corrected chi connectivity index (χ3v) is 14.2. The van der Waals surface area contributed by atoms with E-state index in [2.05, 4.69) is 142 Å². The molecule has 0 aromatic rings. The van der Waals surface area contributed by atoms with Crippen LogP contribution in [0.5, 0.6) is 0 Å². The fraction of sp³-hybridized carbons (Fsp3) is 0.667. The molecule has 81 heavy (non-hydrogen) atoms. The molecule has 0 spiro atoms. The lowest BCUT2D eigenvalue weighted by molar-refractivity contribution is -0.166. The van der Waals surface area contributed by atoms with Crippen LogP contribution in [-0.2, 0) is 28.6 Å². The fourth-order valence-corrected chi connectivity index (χ4v) is 9.19. The van der Waals surface area contributed by atoms with Gasteiger partial charge in [-0.2, -0.15) is 0 Å². The van der Waals surface area contributed by atoms with E-state index in [9.17, 15) is 14.4 Å². The number of esters is 3. The zero-order valence-electron chi connectivity index (χ0n) is 52.8. The molecule has 0 aromatic carbocycles. The number of ether oxygens (including phenoxy) is 3. The number of hydrogen-bond acceptors (Lipinski definition) is 6. The summed E-state index contributed by atoms with van der Waals surface area (Å²) >= 11 is 0. The quantitative estimate of drug-likeness (QED) is 0.0261. The van der Waals surface area contributed by atoms with E-state index in [1.807, 2.05) is 6.08 Å². The van der Waals surface area contributed by atoms with E-state index in [0.29, 0.717) is 12.8 Å². The van der Waals surface area contributed by atoms with Crippen LogP contribution < -0.4 is 0 Å². The van der Waals surface area contributed by atoms with Crippen molar-refractivity contribution in [2.45, 2.75) is 309 Å². The number of unbranched alkanes of at least 4 members (excludes halogenated alkanes) is 28. The van der Waals surface area contributed by atoms with Crippen molar-refractivity contribution in [3.63, 3.8) is 0 Å². The minimum atomic E-state index is -0.826. The Hall–Kier alpha value is -4.45. The molecule has 0 heterocycles. The second-order valence-corrected chi connectivity index (χ2v) is 22.0. The van der Waals surface area contributed by atoms with E-state index in [4.69, 9.17) is 14.2 Å². The molecule has 0 aromatic heterocycles. The average Bonchev–Trinajstić information content (AvgIpc) is 3.47. The third kappa shape index (κ3) is 66.2. The lowest BCUT2D eigenvalue weighted by Crippen LogP contribution is -2.30. The molecule has 0 N–H and O–H groups in total. The Labute approximate surface area is 500 Å². The second-order valence-electron chi connectivity index (χ2n) is 22.0. The molecule has 6 heteroatoms. The Bertz CT molecular complexity index is 1720. The van der Waals surface area contributed by atoms with Crippen LogP contribution in [0.2, 0.25) is 0 Å². The van der Waals surface area contributed by atoms with Gasteiger partial charge in [-0.1, -0.05) is 302 Å². The Kier molecular flexibility index (Phi) is 64.3. The van der Waals surface area contributed by atoms with Gasteiger partial charge in [-0.15, -0.1) is 0 Å². The van der Waals surface area contributed by atoms with E-state index >= 15 is 0 Å². The summed E-state index contributed by atoms with van der Waals surface area (Å²) in [6.45, 7) is 6.33. The van der Waals surface area contributed by atoms with Crippen LogP contribution >= 0.6 is 0 Å². The van der Waals surface area contributed by atoms with Crippen molar-refractivity contribution >= 4 is 17.9 Å². The maximum atomic E-state index is 12.9. The van der Waals surface area contributed by atoms with Crippen molar-refractivity contribution < 1.29 is 28.6 Å². The highest BCUT2D eigenvalue weighted by molar-refractivity contribution is 5.72. The number of carbonyl (C=O) groups excluding carboxylic acids is 3. The predicted octanol–water partition coefficient (Wildman–Crippen LogP) is 23.3. The van der Waals surface area contributed by atoms with Crippen LogP contribution in [0.4, 0.5) is 0 Å². The number of carbonyl (C=O) groups is 3. The zero-order chi connectivity index (χ0) is 58.5. The van der Waals surface area contributed by atoms with Crippen molar-refractivity contribution in [2.24, 2.45) is 0 Å². The number of allylic oxidation sites excluding steroid dienone is 21. The average molecular weight is 1120 g/mol. The normalized spacial score (nSPS) is 13.0. The van der Waals surface area contributed by atoms with Crippen molar-refractivity contribution in [1.29, 1.82) is 0 Å². The molecule has 0 aliphatic carbocycles. The largest absolute Gasteiger partial charge is 0.462 e. The van der Waals surface area contributed by atoms with Crippen LogP contribution in [0, 0.1) is 0 Å². The molecule has 0 saturated heterocycles. The van der Waals surface area contributed by atoms with Crippen LogP contribution in [0.3, 0.4) is 0 Å². The number of hydrogen-bond donors (Lipinski definition) is 0. The van der Waals surface area contributed by atoms with Gasteiger partial charge in [0.05, 0.1) is 6.42 Å². The van der Waals surface area contributed by atoms with E-state index in [-0.39, 0.29) is 31.6 Å². The third-order valence-electron chi connectivity index (χ3n) is 14.2. The second kappa shape index (κ2) is 68.1. The van der Waals surface area contributed by atoms with E-state index in [1.165, 1.54) is 161 Å². The summed E-state index contributed by atoms with van der Waals surface area (Å²) in [5.41, 5.74) is 0. The summed E-state index contributed by atoms with van der Waals surface area (Å²) < 4.78 is 16.9. The molecule has 6 nitrogen and oxygen atoms in total. The monoisotopic (exact) mass is 1120 g/mol. The first-order valence-electron chi connectivity index (χ1n) is 33.7. The highest BCUT2D eigenvalue weighted by atomic mass is 16.6. The summed E-state index contributed by atoms with van der Waals surface area (Å²) in [4.78, 5) is 38.3. The molecule has 460 valence electrons. The molecular weight excluding hydrogens is 997 g/mol. The summed E-state index contributed by atoms with van der Waals surface area (Å²) in [6, 6.07) is 0. The molecular formula is C75H124O6. The lowest BCUT2D eigenvalue weighted by Gasteiger charge is -2.18. The summed E-state index contributed by atoms with van der Waals surface area (Å²) in [5.74, 6) is -1.04. The van der Waals surface area contributed by atoms with Gasteiger partial charge in [0.2, 0.25) is 0 Å². The van der Waals surface area contributed by atoms with Gasteiger partial charge in [-0.25, -0.2) is 0 Å². The van der Waals surface area contributed by atoms with Crippen molar-refractivity contribution in [3.8, 4) is 0 Å². The highest BCUT2D eigenvalue weighted by Gasteiger charge is 2.19. The van der Waals surface area contributed by atoms with E-state index in [0.717, 1.165) is 103 Å². The molecule has 0 rings (SSSR count). The smallest absolute Gasteiger partial charge is 0.309 e. The van der Waals surface area contributed by atoms with Crippen molar-refractivity contribution in [1.82, 2.24) is 0 Å².